The van der Waals surface area contributed by atoms with Crippen molar-refractivity contribution in [2.75, 3.05) is 13.6 Å². The molecule has 1 aromatic carbocycles. The van der Waals surface area contributed by atoms with E-state index in [9.17, 15) is 14.9 Å². The van der Waals surface area contributed by atoms with E-state index in [2.05, 4.69) is 0 Å². The van der Waals surface area contributed by atoms with Gasteiger partial charge < -0.3 is 4.90 Å². The van der Waals surface area contributed by atoms with E-state index >= 15 is 0 Å². The number of non-ortho nitro benzene ring substituents is 1. The van der Waals surface area contributed by atoms with Crippen LogP contribution in [-0.2, 0) is 11.3 Å². The van der Waals surface area contributed by atoms with Crippen molar-refractivity contribution in [1.82, 2.24) is 9.80 Å². The number of rotatable bonds is 5. The Balaban J connectivity index is 1.71. The first-order valence-electron chi connectivity index (χ1n) is 7.41. The first-order valence-corrected chi connectivity index (χ1v) is 7.78. The number of likely N-dealkylation sites (N-methyl/N-ethyl adjacent to an activating group) is 1. The molecule has 2 fully saturated rings. The van der Waals surface area contributed by atoms with E-state index in [1.807, 2.05) is 16.8 Å². The number of nitro groups is 1. The molecule has 1 atom stereocenters. The number of carbonyl (C=O) groups is 1. The van der Waals surface area contributed by atoms with Gasteiger partial charge in [-0.05, 0) is 37.9 Å². The van der Waals surface area contributed by atoms with Crippen LogP contribution in [0.2, 0.25) is 5.02 Å². The van der Waals surface area contributed by atoms with Crippen LogP contribution in [0, 0.1) is 10.1 Å². The molecule has 22 heavy (non-hydrogen) atoms. The highest BCUT2D eigenvalue weighted by Crippen LogP contribution is 2.32. The average Bonchev–Trinajstić information content (AvgIpc) is 3.24. The topological polar surface area (TPSA) is 66.7 Å². The van der Waals surface area contributed by atoms with Crippen molar-refractivity contribution in [1.29, 1.82) is 0 Å². The number of benzene rings is 1. The van der Waals surface area contributed by atoms with Crippen LogP contribution in [0.15, 0.2) is 18.2 Å². The van der Waals surface area contributed by atoms with Gasteiger partial charge in [-0.3, -0.25) is 19.8 Å². The molecule has 0 N–H and O–H groups in total. The summed E-state index contributed by atoms with van der Waals surface area (Å²) in [5.41, 5.74) is 0.696. The zero-order valence-corrected chi connectivity index (χ0v) is 13.1. The molecule has 1 amide bonds. The van der Waals surface area contributed by atoms with Crippen molar-refractivity contribution in [3.63, 3.8) is 0 Å². The summed E-state index contributed by atoms with van der Waals surface area (Å²) < 4.78 is 0. The Morgan fingerprint density at radius 3 is 2.77 bits per heavy atom. The van der Waals surface area contributed by atoms with Gasteiger partial charge in [0.2, 0.25) is 5.91 Å². The maximum Gasteiger partial charge on any atom is 0.269 e. The number of amides is 1. The summed E-state index contributed by atoms with van der Waals surface area (Å²) in [5.74, 6) is 0.173. The fourth-order valence-corrected chi connectivity index (χ4v) is 3.20. The van der Waals surface area contributed by atoms with Crippen molar-refractivity contribution in [2.45, 2.75) is 37.9 Å². The third-order valence-electron chi connectivity index (χ3n) is 4.39. The molecule has 0 spiro atoms. The second kappa shape index (κ2) is 5.85. The van der Waals surface area contributed by atoms with Crippen molar-refractivity contribution in [2.24, 2.45) is 0 Å². The number of carbonyl (C=O) groups excluding carboxylic acids is 1. The summed E-state index contributed by atoms with van der Waals surface area (Å²) in [6.07, 6.45) is 3.02. The Bertz CT molecular complexity index is 618. The maximum atomic E-state index is 12.4. The minimum Gasteiger partial charge on any atom is -0.338 e. The predicted octanol–water partition coefficient (Wildman–Crippen LogP) is 2.44. The van der Waals surface area contributed by atoms with Gasteiger partial charge in [-0.1, -0.05) is 11.6 Å². The number of likely N-dealkylation sites (tertiary alicyclic amines) is 1. The zero-order valence-electron chi connectivity index (χ0n) is 12.4. The van der Waals surface area contributed by atoms with Gasteiger partial charge >= 0.3 is 0 Å². The van der Waals surface area contributed by atoms with Crippen LogP contribution in [0.5, 0.6) is 0 Å². The highest BCUT2D eigenvalue weighted by Gasteiger charge is 2.41. The molecule has 6 nitrogen and oxygen atoms in total. The molecule has 1 aliphatic heterocycles. The highest BCUT2D eigenvalue weighted by molar-refractivity contribution is 6.31. The van der Waals surface area contributed by atoms with Crippen molar-refractivity contribution in [3.05, 3.63) is 38.9 Å². The molecule has 1 heterocycles. The standard InChI is InChI=1S/C15H18ClN3O3/c1-17(14-6-7-18(15(14)20)11-2-3-11)9-10-8-12(19(21)22)4-5-13(10)16/h4-5,8,11,14H,2-3,6-7,9H2,1H3/t14-/m1/s1. The highest BCUT2D eigenvalue weighted by atomic mass is 35.5. The Morgan fingerprint density at radius 1 is 1.41 bits per heavy atom. The summed E-state index contributed by atoms with van der Waals surface area (Å²) in [5, 5.41) is 11.4. The lowest BCUT2D eigenvalue weighted by molar-refractivity contribution is -0.384. The smallest absolute Gasteiger partial charge is 0.269 e. The molecule has 7 heteroatoms. The Morgan fingerprint density at radius 2 is 2.14 bits per heavy atom. The minimum absolute atomic E-state index is 0.0187. The number of hydrogen-bond acceptors (Lipinski definition) is 4. The summed E-state index contributed by atoms with van der Waals surface area (Å²) in [6.45, 7) is 1.23. The van der Waals surface area contributed by atoms with E-state index in [0.29, 0.717) is 23.2 Å². The van der Waals surface area contributed by atoms with E-state index in [-0.39, 0.29) is 17.6 Å². The lowest BCUT2D eigenvalue weighted by Gasteiger charge is -2.24. The number of nitrogens with zero attached hydrogens (tertiary/aromatic N) is 3. The molecule has 0 aromatic heterocycles. The van der Waals surface area contributed by atoms with Gasteiger partial charge in [-0.25, -0.2) is 0 Å². The Labute approximate surface area is 133 Å². The molecular weight excluding hydrogens is 306 g/mol. The summed E-state index contributed by atoms with van der Waals surface area (Å²) >= 11 is 6.13. The minimum atomic E-state index is -0.435. The molecule has 0 unspecified atom stereocenters. The second-order valence-corrected chi connectivity index (χ2v) is 6.42. The van der Waals surface area contributed by atoms with Crippen LogP contribution < -0.4 is 0 Å². The summed E-state index contributed by atoms with van der Waals surface area (Å²) in [6, 6.07) is 4.69. The van der Waals surface area contributed by atoms with Gasteiger partial charge in [0.1, 0.15) is 0 Å². The third kappa shape index (κ3) is 2.94. The quantitative estimate of drug-likeness (QED) is 0.616. The van der Waals surface area contributed by atoms with Crippen LogP contribution in [-0.4, -0.2) is 46.3 Å². The second-order valence-electron chi connectivity index (χ2n) is 6.02. The van der Waals surface area contributed by atoms with E-state index in [4.69, 9.17) is 11.6 Å². The molecule has 1 aromatic rings. The Kier molecular flexibility index (Phi) is 4.06. The molecule has 0 radical (unpaired) electrons. The van der Waals surface area contributed by atoms with Gasteiger partial charge in [0.05, 0.1) is 11.0 Å². The van der Waals surface area contributed by atoms with Gasteiger partial charge in [-0.15, -0.1) is 0 Å². The maximum absolute atomic E-state index is 12.4. The molecule has 2 aliphatic rings. The molecule has 1 saturated heterocycles. The van der Waals surface area contributed by atoms with Crippen LogP contribution in [0.3, 0.4) is 0 Å². The van der Waals surface area contributed by atoms with Gasteiger partial charge in [0.15, 0.2) is 0 Å². The fourth-order valence-electron chi connectivity index (χ4n) is 3.02. The van der Waals surface area contributed by atoms with Crippen LogP contribution in [0.1, 0.15) is 24.8 Å². The first kappa shape index (κ1) is 15.2. The monoisotopic (exact) mass is 323 g/mol. The number of hydrogen-bond donors (Lipinski definition) is 0. The molecule has 3 rings (SSSR count). The number of halogens is 1. The molecule has 1 saturated carbocycles. The average molecular weight is 324 g/mol. The zero-order chi connectivity index (χ0) is 15.9. The van der Waals surface area contributed by atoms with Crippen molar-refractivity contribution >= 4 is 23.2 Å². The Hall–Kier alpha value is -1.66. The predicted molar refractivity (Wildman–Crippen MR) is 82.7 cm³/mol. The molecule has 118 valence electrons. The van der Waals surface area contributed by atoms with Gasteiger partial charge in [0.25, 0.3) is 5.69 Å². The fraction of sp³-hybridized carbons (Fsp3) is 0.533. The van der Waals surface area contributed by atoms with Gasteiger partial charge in [0, 0.05) is 36.3 Å². The van der Waals surface area contributed by atoms with Crippen LogP contribution >= 0.6 is 11.6 Å². The first-order chi connectivity index (χ1) is 10.5. The SMILES string of the molecule is CN(Cc1cc([N+](=O)[O-])ccc1Cl)[C@@H]1CCN(C2CC2)C1=O. The largest absolute Gasteiger partial charge is 0.338 e. The van der Waals surface area contributed by atoms with Crippen molar-refractivity contribution in [3.8, 4) is 0 Å². The van der Waals surface area contributed by atoms with Crippen molar-refractivity contribution < 1.29 is 9.72 Å². The van der Waals surface area contributed by atoms with Gasteiger partial charge in [-0.2, -0.15) is 0 Å². The van der Waals surface area contributed by atoms with E-state index in [1.54, 1.807) is 0 Å². The lowest BCUT2D eigenvalue weighted by atomic mass is 10.1. The summed E-state index contributed by atoms with van der Waals surface area (Å²) in [4.78, 5) is 26.8. The third-order valence-corrected chi connectivity index (χ3v) is 4.76. The normalized spacial score (nSPS) is 21.7. The van der Waals surface area contributed by atoms with Crippen LogP contribution in [0.25, 0.3) is 0 Å². The molecule has 0 bridgehead atoms. The summed E-state index contributed by atoms with van der Waals surface area (Å²) in [7, 11) is 1.87. The van der Waals surface area contributed by atoms with E-state index < -0.39 is 4.92 Å². The number of nitro benzene ring substituents is 1. The van der Waals surface area contributed by atoms with Crippen LogP contribution in [0.4, 0.5) is 5.69 Å². The van der Waals surface area contributed by atoms with E-state index in [1.165, 1.54) is 18.2 Å². The lowest BCUT2D eigenvalue weighted by Crippen LogP contribution is -2.40. The van der Waals surface area contributed by atoms with E-state index in [0.717, 1.165) is 25.8 Å². The molecule has 1 aliphatic carbocycles. The molecular formula is C15H18ClN3O3.